The third-order valence-corrected chi connectivity index (χ3v) is 4.50. The minimum atomic E-state index is -0.173. The molecule has 2 aromatic carbocycles. The molecule has 0 N–H and O–H groups in total. The van der Waals surface area contributed by atoms with Gasteiger partial charge in [-0.15, -0.1) is 0 Å². The van der Waals surface area contributed by atoms with Gasteiger partial charge in [0.15, 0.2) is 6.17 Å². The first kappa shape index (κ1) is 16.0. The van der Waals surface area contributed by atoms with Gasteiger partial charge in [0.05, 0.1) is 10.7 Å². The van der Waals surface area contributed by atoms with E-state index in [0.29, 0.717) is 10.0 Å². The van der Waals surface area contributed by atoms with Gasteiger partial charge < -0.3 is 0 Å². The normalized spacial score (nSPS) is 17.7. The minimum Gasteiger partial charge on any atom is -0.271 e. The number of hydrazine groups is 1. The van der Waals surface area contributed by atoms with Gasteiger partial charge in [-0.3, -0.25) is 15.0 Å². The quantitative estimate of drug-likeness (QED) is 0.807. The molecule has 6 heteroatoms. The highest BCUT2D eigenvalue weighted by Crippen LogP contribution is 2.38. The van der Waals surface area contributed by atoms with Gasteiger partial charge in [-0.25, -0.2) is 0 Å². The van der Waals surface area contributed by atoms with Crippen LogP contribution in [0.1, 0.15) is 18.7 Å². The molecule has 3 rings (SSSR count). The van der Waals surface area contributed by atoms with E-state index < -0.39 is 0 Å². The van der Waals surface area contributed by atoms with Gasteiger partial charge in [0.1, 0.15) is 6.34 Å². The zero-order valence-electron chi connectivity index (χ0n) is 13.0. The van der Waals surface area contributed by atoms with Crippen LogP contribution in [0.2, 0.25) is 10.0 Å². The van der Waals surface area contributed by atoms with Crippen LogP contribution in [0.3, 0.4) is 0 Å². The van der Waals surface area contributed by atoms with Gasteiger partial charge in [0, 0.05) is 24.2 Å². The molecular weight excluding hydrogens is 331 g/mol. The second kappa shape index (κ2) is 6.69. The second-order valence-corrected chi connectivity index (χ2v) is 6.07. The topological polar surface area (TPSA) is 22.1 Å². The SMILES string of the molecule is CCN1C=NN(C)C(c2ccccc2Cl)N1c1ccccc1Cl. The van der Waals surface area contributed by atoms with Crippen molar-refractivity contribution >= 4 is 35.2 Å². The smallest absolute Gasteiger partial charge is 0.164 e. The predicted molar refractivity (Wildman–Crippen MR) is 96.8 cm³/mol. The summed E-state index contributed by atoms with van der Waals surface area (Å²) < 4.78 is 0. The Morgan fingerprint density at radius 1 is 1.00 bits per heavy atom. The maximum absolute atomic E-state index is 6.46. The first-order valence-corrected chi connectivity index (χ1v) is 8.20. The largest absolute Gasteiger partial charge is 0.271 e. The number of hydrazone groups is 1. The molecule has 23 heavy (non-hydrogen) atoms. The summed E-state index contributed by atoms with van der Waals surface area (Å²) in [7, 11) is 1.93. The number of para-hydroxylation sites is 1. The fraction of sp³-hybridized carbons (Fsp3) is 0.235. The van der Waals surface area contributed by atoms with Crippen LogP contribution < -0.4 is 5.01 Å². The lowest BCUT2D eigenvalue weighted by Crippen LogP contribution is -2.52. The monoisotopic (exact) mass is 348 g/mol. The van der Waals surface area contributed by atoms with E-state index in [2.05, 4.69) is 17.0 Å². The first-order chi connectivity index (χ1) is 11.1. The Hall–Kier alpha value is -1.91. The lowest BCUT2D eigenvalue weighted by atomic mass is 10.1. The van der Waals surface area contributed by atoms with E-state index in [1.54, 1.807) is 6.34 Å². The van der Waals surface area contributed by atoms with E-state index in [0.717, 1.165) is 17.8 Å². The maximum Gasteiger partial charge on any atom is 0.164 e. The number of hydrogen-bond acceptors (Lipinski definition) is 4. The van der Waals surface area contributed by atoms with Crippen LogP contribution in [-0.2, 0) is 0 Å². The van der Waals surface area contributed by atoms with Crippen LogP contribution in [0.4, 0.5) is 5.69 Å². The molecular formula is C17H18Cl2N4. The van der Waals surface area contributed by atoms with Crippen LogP contribution in [0.25, 0.3) is 0 Å². The summed E-state index contributed by atoms with van der Waals surface area (Å²) in [6.07, 6.45) is 1.63. The Bertz CT molecular complexity index is 719. The molecule has 0 aromatic heterocycles. The van der Waals surface area contributed by atoms with Gasteiger partial charge in [0.2, 0.25) is 0 Å². The summed E-state index contributed by atoms with van der Waals surface area (Å²) in [4.78, 5) is 0. The fourth-order valence-corrected chi connectivity index (χ4v) is 3.17. The average Bonchev–Trinajstić information content (AvgIpc) is 2.56. The Morgan fingerprint density at radius 2 is 1.65 bits per heavy atom. The van der Waals surface area contributed by atoms with Crippen molar-refractivity contribution in [2.24, 2.45) is 5.10 Å². The Labute approximate surface area is 146 Å². The molecule has 4 nitrogen and oxygen atoms in total. The van der Waals surface area contributed by atoms with E-state index in [4.69, 9.17) is 23.2 Å². The Morgan fingerprint density at radius 3 is 2.30 bits per heavy atom. The standard InChI is InChI=1S/C17H18Cl2N4/c1-3-22-12-20-21(2)17(13-8-4-5-9-14(13)18)23(22)16-11-7-6-10-15(16)19/h4-12,17H,3H2,1-2H3. The van der Waals surface area contributed by atoms with Gasteiger partial charge in [0.25, 0.3) is 0 Å². The van der Waals surface area contributed by atoms with Gasteiger partial charge >= 0.3 is 0 Å². The van der Waals surface area contributed by atoms with Crippen molar-refractivity contribution in [3.8, 4) is 0 Å². The van der Waals surface area contributed by atoms with E-state index >= 15 is 0 Å². The third-order valence-electron chi connectivity index (χ3n) is 3.84. The van der Waals surface area contributed by atoms with Crippen molar-refractivity contribution in [1.29, 1.82) is 0 Å². The summed E-state index contributed by atoms with van der Waals surface area (Å²) >= 11 is 12.9. The molecule has 120 valence electrons. The number of anilines is 1. The highest BCUT2D eigenvalue weighted by molar-refractivity contribution is 6.33. The molecule has 0 saturated carbocycles. The lowest BCUT2D eigenvalue weighted by Gasteiger charge is -2.46. The van der Waals surface area contributed by atoms with Crippen molar-refractivity contribution < 1.29 is 0 Å². The van der Waals surface area contributed by atoms with Crippen molar-refractivity contribution in [3.05, 3.63) is 64.1 Å². The lowest BCUT2D eigenvalue weighted by molar-refractivity contribution is 0.163. The molecule has 0 aliphatic carbocycles. The fourth-order valence-electron chi connectivity index (χ4n) is 2.72. The van der Waals surface area contributed by atoms with Crippen LogP contribution in [0.15, 0.2) is 53.6 Å². The molecule has 0 saturated heterocycles. The van der Waals surface area contributed by atoms with Crippen molar-refractivity contribution in [2.45, 2.75) is 13.1 Å². The van der Waals surface area contributed by atoms with Gasteiger partial charge in [-0.1, -0.05) is 53.5 Å². The number of benzene rings is 2. The summed E-state index contributed by atoms with van der Waals surface area (Å²) in [5.41, 5.74) is 1.89. The van der Waals surface area contributed by atoms with E-state index in [1.807, 2.05) is 65.6 Å². The first-order valence-electron chi connectivity index (χ1n) is 7.45. The molecule has 0 spiro atoms. The summed E-state index contributed by atoms with van der Waals surface area (Å²) in [6.45, 7) is 2.84. The average molecular weight is 349 g/mol. The van der Waals surface area contributed by atoms with E-state index in [1.165, 1.54) is 0 Å². The summed E-state index contributed by atoms with van der Waals surface area (Å²) in [5.74, 6) is 0. The maximum atomic E-state index is 6.46. The number of hydrogen-bond donors (Lipinski definition) is 0. The summed E-state index contributed by atoms with van der Waals surface area (Å²) in [6, 6.07) is 15.6. The zero-order valence-corrected chi connectivity index (χ0v) is 14.5. The van der Waals surface area contributed by atoms with E-state index in [9.17, 15) is 0 Å². The Kier molecular flexibility index (Phi) is 4.64. The van der Waals surface area contributed by atoms with Crippen LogP contribution in [0, 0.1) is 0 Å². The predicted octanol–water partition coefficient (Wildman–Crippen LogP) is 4.62. The molecule has 1 unspecified atom stereocenters. The molecule has 0 fully saturated rings. The van der Waals surface area contributed by atoms with Crippen LogP contribution in [-0.4, -0.2) is 29.9 Å². The highest BCUT2D eigenvalue weighted by atomic mass is 35.5. The highest BCUT2D eigenvalue weighted by Gasteiger charge is 2.33. The van der Waals surface area contributed by atoms with Crippen molar-refractivity contribution in [1.82, 2.24) is 10.0 Å². The van der Waals surface area contributed by atoms with Crippen molar-refractivity contribution in [2.75, 3.05) is 18.6 Å². The van der Waals surface area contributed by atoms with Gasteiger partial charge in [-0.2, -0.15) is 5.10 Å². The molecule has 0 radical (unpaired) electrons. The summed E-state index contributed by atoms with van der Waals surface area (Å²) in [5, 5.41) is 11.9. The number of nitrogens with zero attached hydrogens (tertiary/aromatic N) is 4. The Balaban J connectivity index is 2.16. The third kappa shape index (κ3) is 2.96. The molecule has 1 heterocycles. The second-order valence-electron chi connectivity index (χ2n) is 5.25. The van der Waals surface area contributed by atoms with Crippen LogP contribution in [0.5, 0.6) is 0 Å². The molecule has 1 aliphatic rings. The molecule has 2 aromatic rings. The number of rotatable bonds is 3. The molecule has 1 aliphatic heterocycles. The van der Waals surface area contributed by atoms with Crippen LogP contribution >= 0.6 is 23.2 Å². The molecule has 0 amide bonds. The molecule has 0 bridgehead atoms. The number of halogens is 2. The van der Waals surface area contributed by atoms with Gasteiger partial charge in [-0.05, 0) is 25.1 Å². The minimum absolute atomic E-state index is 0.173. The van der Waals surface area contributed by atoms with Crippen molar-refractivity contribution in [3.63, 3.8) is 0 Å². The van der Waals surface area contributed by atoms with E-state index in [-0.39, 0.29) is 6.17 Å². The zero-order chi connectivity index (χ0) is 16.4. The molecule has 1 atom stereocenters.